The highest BCUT2D eigenvalue weighted by Gasteiger charge is 2.16. The van der Waals surface area contributed by atoms with Crippen molar-refractivity contribution in [1.29, 1.82) is 0 Å². The molecule has 0 aromatic heterocycles. The molecule has 0 unspecified atom stereocenters. The van der Waals surface area contributed by atoms with Gasteiger partial charge in [-0.1, -0.05) is 36.1 Å². The first-order chi connectivity index (χ1) is 13.9. The highest BCUT2D eigenvalue weighted by Crippen LogP contribution is 2.30. The van der Waals surface area contributed by atoms with Crippen LogP contribution in [0.1, 0.15) is 21.5 Å². The Hall–Kier alpha value is -3.76. The summed E-state index contributed by atoms with van der Waals surface area (Å²) in [5.74, 6) is 4.85. The third-order valence-corrected chi connectivity index (χ3v) is 4.96. The average Bonchev–Trinajstić information content (AvgIpc) is 2.71. The summed E-state index contributed by atoms with van der Waals surface area (Å²) in [6.07, 6.45) is 0. The second-order valence-corrected chi connectivity index (χ2v) is 7.22. The third-order valence-electron chi connectivity index (χ3n) is 4.24. The van der Waals surface area contributed by atoms with E-state index in [2.05, 4.69) is 11.8 Å². The highest BCUT2D eigenvalue weighted by atomic mass is 32.2. The summed E-state index contributed by atoms with van der Waals surface area (Å²) in [6.45, 7) is 0. The third kappa shape index (κ3) is 4.57. The number of carboxylic acids is 1. The molecule has 0 radical (unpaired) electrons. The summed E-state index contributed by atoms with van der Waals surface area (Å²) >= 11 is 0. The van der Waals surface area contributed by atoms with Crippen molar-refractivity contribution in [2.45, 2.75) is 0 Å². The lowest BCUT2D eigenvalue weighted by atomic mass is 9.94. The van der Waals surface area contributed by atoms with E-state index in [1.807, 2.05) is 0 Å². The molecule has 146 valence electrons. The molecule has 29 heavy (non-hydrogen) atoms. The molecular weight excluding hydrogens is 390 g/mol. The maximum Gasteiger partial charge on any atom is 0.336 e. The molecule has 0 amide bonds. The summed E-state index contributed by atoms with van der Waals surface area (Å²) in [6, 6.07) is 17.8. The average molecular weight is 407 g/mol. The first kappa shape index (κ1) is 20.0. The van der Waals surface area contributed by atoms with E-state index in [1.54, 1.807) is 48.5 Å². The van der Waals surface area contributed by atoms with Gasteiger partial charge in [0.15, 0.2) is 0 Å². The molecule has 7 heteroatoms. The van der Waals surface area contributed by atoms with E-state index in [1.165, 1.54) is 25.2 Å². The van der Waals surface area contributed by atoms with Crippen LogP contribution < -0.4 is 4.31 Å². The van der Waals surface area contributed by atoms with E-state index in [4.69, 9.17) is 0 Å². The minimum atomic E-state index is -2.82. The molecule has 3 rings (SSSR count). The quantitative estimate of drug-likeness (QED) is 0.456. The largest absolute Gasteiger partial charge is 0.508 e. The minimum absolute atomic E-state index is 0.0547. The molecule has 0 bridgehead atoms. The molecule has 0 aliphatic rings. The summed E-state index contributed by atoms with van der Waals surface area (Å²) in [4.78, 5) is 11.8. The van der Waals surface area contributed by atoms with Crippen molar-refractivity contribution in [1.82, 2.24) is 0 Å². The molecule has 0 heterocycles. The maximum absolute atomic E-state index is 11.8. The monoisotopic (exact) mass is 407 g/mol. The maximum atomic E-state index is 11.8. The van der Waals surface area contributed by atoms with Crippen LogP contribution in [-0.4, -0.2) is 31.6 Å². The molecule has 2 N–H and O–H groups in total. The van der Waals surface area contributed by atoms with E-state index in [9.17, 15) is 23.4 Å². The lowest BCUT2D eigenvalue weighted by molar-refractivity contribution is 0.0697. The molecule has 0 aliphatic heterocycles. The Balaban J connectivity index is 2.18. The number of aromatic hydroxyl groups is 1. The second-order valence-electron chi connectivity index (χ2n) is 6.15. The lowest BCUT2D eigenvalue weighted by Gasteiger charge is -2.14. The summed E-state index contributed by atoms with van der Waals surface area (Å²) in [7, 11) is -1.41. The number of aromatic carboxylic acids is 1. The first-order valence-corrected chi connectivity index (χ1v) is 9.65. The van der Waals surface area contributed by atoms with Gasteiger partial charge in [-0.25, -0.2) is 13.2 Å². The topological polar surface area (TPSA) is 94.9 Å². The van der Waals surface area contributed by atoms with E-state index in [-0.39, 0.29) is 11.3 Å². The standard InChI is InChI=1S/C22H17NO5S/c1-23(29(27)28)18-8-3-7-17(14-18)21-16(6-4-10-20(21)22(25)26)12-11-15-5-2-9-19(24)13-15/h2-10,13-14,24,29H,1H3,(H,25,26). The fourth-order valence-corrected chi connectivity index (χ4v) is 3.14. The number of carboxylic acid groups (broad SMARTS) is 1. The van der Waals surface area contributed by atoms with Gasteiger partial charge in [-0.3, -0.25) is 4.31 Å². The number of phenols is 1. The fraction of sp³-hybridized carbons (Fsp3) is 0.0455. The van der Waals surface area contributed by atoms with Crippen molar-refractivity contribution >= 4 is 22.5 Å². The van der Waals surface area contributed by atoms with Crippen molar-refractivity contribution in [3.8, 4) is 28.7 Å². The summed E-state index contributed by atoms with van der Waals surface area (Å²) in [5, 5.41) is 19.2. The van der Waals surface area contributed by atoms with Crippen molar-refractivity contribution < 1.29 is 23.4 Å². The van der Waals surface area contributed by atoms with E-state index in [0.717, 1.165) is 4.31 Å². The van der Waals surface area contributed by atoms with Crippen LogP contribution in [0.25, 0.3) is 11.1 Å². The van der Waals surface area contributed by atoms with Crippen molar-refractivity contribution in [3.63, 3.8) is 0 Å². The number of benzene rings is 3. The predicted molar refractivity (Wildman–Crippen MR) is 112 cm³/mol. The number of hydrogen-bond acceptors (Lipinski definition) is 4. The van der Waals surface area contributed by atoms with Gasteiger partial charge >= 0.3 is 5.97 Å². The molecule has 0 fully saturated rings. The number of hydrogen-bond donors (Lipinski definition) is 3. The van der Waals surface area contributed by atoms with Crippen LogP contribution in [0.15, 0.2) is 66.7 Å². The number of thiol groups is 1. The first-order valence-electron chi connectivity index (χ1n) is 8.52. The van der Waals surface area contributed by atoms with Crippen molar-refractivity contribution in [2.75, 3.05) is 11.4 Å². The number of phenolic OH excluding ortho intramolecular Hbond substituents is 1. The van der Waals surface area contributed by atoms with Gasteiger partial charge in [0.25, 0.3) is 0 Å². The van der Waals surface area contributed by atoms with Crippen LogP contribution >= 0.6 is 0 Å². The molecule has 0 saturated carbocycles. The molecule has 0 atom stereocenters. The fourth-order valence-electron chi connectivity index (χ4n) is 2.83. The zero-order valence-corrected chi connectivity index (χ0v) is 16.3. The number of anilines is 1. The van der Waals surface area contributed by atoms with Crippen molar-refractivity contribution in [2.24, 2.45) is 0 Å². The van der Waals surface area contributed by atoms with E-state index >= 15 is 0 Å². The molecule has 3 aromatic rings. The molecular formula is C22H17NO5S. The van der Waals surface area contributed by atoms with Crippen LogP contribution in [0, 0.1) is 11.8 Å². The summed E-state index contributed by atoms with van der Waals surface area (Å²) < 4.78 is 23.7. The van der Waals surface area contributed by atoms with Gasteiger partial charge in [-0.05, 0) is 48.0 Å². The van der Waals surface area contributed by atoms with Crippen LogP contribution in [0.3, 0.4) is 0 Å². The van der Waals surface area contributed by atoms with Gasteiger partial charge in [0.1, 0.15) is 5.75 Å². The Kier molecular flexibility index (Phi) is 5.86. The van der Waals surface area contributed by atoms with Gasteiger partial charge in [-0.15, -0.1) is 0 Å². The Bertz CT molecular complexity index is 1210. The highest BCUT2D eigenvalue weighted by molar-refractivity contribution is 7.74. The van der Waals surface area contributed by atoms with Crippen LogP contribution in [0.4, 0.5) is 5.69 Å². The zero-order chi connectivity index (χ0) is 21.0. The zero-order valence-electron chi connectivity index (χ0n) is 15.4. The molecule has 3 aromatic carbocycles. The van der Waals surface area contributed by atoms with Gasteiger partial charge < -0.3 is 10.2 Å². The lowest BCUT2D eigenvalue weighted by Crippen LogP contribution is -2.14. The molecule has 0 spiro atoms. The van der Waals surface area contributed by atoms with E-state index in [0.29, 0.717) is 27.9 Å². The number of rotatable bonds is 4. The number of carbonyl (C=O) groups is 1. The number of nitrogens with zero attached hydrogens (tertiary/aromatic N) is 1. The smallest absolute Gasteiger partial charge is 0.336 e. The van der Waals surface area contributed by atoms with Gasteiger partial charge in [0, 0.05) is 23.7 Å². The van der Waals surface area contributed by atoms with Gasteiger partial charge in [-0.2, -0.15) is 0 Å². The SMILES string of the molecule is CN(c1cccc(-c2c(C#Cc3cccc(O)c3)cccc2C(=O)O)c1)[SH](=O)=O. The predicted octanol–water partition coefficient (Wildman–Crippen LogP) is 3.12. The second kappa shape index (κ2) is 8.50. The van der Waals surface area contributed by atoms with Crippen LogP contribution in [-0.2, 0) is 10.9 Å². The van der Waals surface area contributed by atoms with E-state index < -0.39 is 16.9 Å². The summed E-state index contributed by atoms with van der Waals surface area (Å²) in [5.41, 5.74) is 2.44. The minimum Gasteiger partial charge on any atom is -0.508 e. The van der Waals surface area contributed by atoms with Gasteiger partial charge in [0.05, 0.1) is 11.3 Å². The molecule has 0 aliphatic carbocycles. The Morgan fingerprint density at radius 1 is 0.966 bits per heavy atom. The Labute approximate surface area is 169 Å². The van der Waals surface area contributed by atoms with Gasteiger partial charge in [0.2, 0.25) is 10.9 Å². The van der Waals surface area contributed by atoms with Crippen molar-refractivity contribution in [3.05, 3.63) is 83.4 Å². The van der Waals surface area contributed by atoms with Crippen LogP contribution in [0.2, 0.25) is 0 Å². The molecule has 6 nitrogen and oxygen atoms in total. The molecule has 0 saturated heterocycles. The van der Waals surface area contributed by atoms with Crippen LogP contribution in [0.5, 0.6) is 5.75 Å². The Morgan fingerprint density at radius 3 is 2.38 bits per heavy atom. The Morgan fingerprint density at radius 2 is 1.69 bits per heavy atom. The normalized spacial score (nSPS) is 10.3.